The number of hydrogen-bond donors (Lipinski definition) is 1. The van der Waals surface area contributed by atoms with Crippen molar-refractivity contribution in [1.29, 1.82) is 0 Å². The Morgan fingerprint density at radius 1 is 1.38 bits per heavy atom. The van der Waals surface area contributed by atoms with E-state index >= 15 is 0 Å². The van der Waals surface area contributed by atoms with E-state index in [2.05, 4.69) is 0 Å². The summed E-state index contributed by atoms with van der Waals surface area (Å²) in [5, 5.41) is 8.97. The lowest BCUT2D eigenvalue weighted by molar-refractivity contribution is -0.147. The van der Waals surface area contributed by atoms with Crippen LogP contribution in [-0.4, -0.2) is 40.3 Å². The molecule has 1 amide bonds. The molecule has 0 aromatic heterocycles. The zero-order valence-electron chi connectivity index (χ0n) is 9.77. The number of nitrogens with zero attached hydrogens (tertiary/aromatic N) is 1. The maximum Gasteiger partial charge on any atom is 0.410 e. The fourth-order valence-corrected chi connectivity index (χ4v) is 2.52. The Morgan fingerprint density at radius 3 is 2.44 bits per heavy atom. The van der Waals surface area contributed by atoms with Crippen LogP contribution in [0, 0.1) is 11.8 Å². The van der Waals surface area contributed by atoms with Gasteiger partial charge in [-0.05, 0) is 33.1 Å². The van der Waals surface area contributed by atoms with Crippen molar-refractivity contribution < 1.29 is 19.4 Å². The summed E-state index contributed by atoms with van der Waals surface area (Å²) in [4.78, 5) is 24.3. The standard InChI is InChI=1S/C11H17NO4/c1-11(2,3)16-10(15)12-5-6-4-7(12)8(6)9(13)14/h6-8H,4-5H2,1-3H3,(H,13,14)/t6-,7-,8+/m0/s1. The molecule has 0 aromatic carbocycles. The Bertz CT molecular complexity index is 333. The monoisotopic (exact) mass is 227 g/mol. The lowest BCUT2D eigenvalue weighted by atomic mass is 9.74. The van der Waals surface area contributed by atoms with E-state index in [-0.39, 0.29) is 24.0 Å². The zero-order chi connectivity index (χ0) is 12.1. The second kappa shape index (κ2) is 3.37. The van der Waals surface area contributed by atoms with Gasteiger partial charge in [-0.2, -0.15) is 0 Å². The molecule has 2 saturated heterocycles. The van der Waals surface area contributed by atoms with Crippen LogP contribution in [0.5, 0.6) is 0 Å². The van der Waals surface area contributed by atoms with Crippen LogP contribution in [0.15, 0.2) is 0 Å². The van der Waals surface area contributed by atoms with E-state index in [0.29, 0.717) is 6.54 Å². The van der Waals surface area contributed by atoms with Gasteiger partial charge in [0.15, 0.2) is 0 Å². The normalized spacial score (nSPS) is 32.2. The second-order valence-corrected chi connectivity index (χ2v) is 5.56. The lowest BCUT2D eigenvalue weighted by Crippen LogP contribution is -2.46. The van der Waals surface area contributed by atoms with E-state index in [4.69, 9.17) is 9.84 Å². The number of fused-ring (bicyclic) bond motifs is 1. The molecule has 3 aliphatic rings. The molecular weight excluding hydrogens is 210 g/mol. The van der Waals surface area contributed by atoms with Gasteiger partial charge in [0.2, 0.25) is 0 Å². The van der Waals surface area contributed by atoms with E-state index in [9.17, 15) is 9.59 Å². The van der Waals surface area contributed by atoms with Gasteiger partial charge in [0.05, 0.1) is 5.92 Å². The van der Waals surface area contributed by atoms with E-state index in [1.54, 1.807) is 25.7 Å². The molecule has 5 heteroatoms. The molecule has 5 nitrogen and oxygen atoms in total. The molecule has 16 heavy (non-hydrogen) atoms. The van der Waals surface area contributed by atoms with Gasteiger partial charge in [-0.1, -0.05) is 0 Å². The average molecular weight is 227 g/mol. The van der Waals surface area contributed by atoms with Crippen LogP contribution in [-0.2, 0) is 9.53 Å². The number of hydrogen-bond acceptors (Lipinski definition) is 3. The number of ether oxygens (including phenoxy) is 1. The van der Waals surface area contributed by atoms with Gasteiger partial charge in [0.25, 0.3) is 0 Å². The molecule has 1 aliphatic carbocycles. The molecule has 3 fully saturated rings. The fourth-order valence-electron chi connectivity index (χ4n) is 2.52. The molecule has 0 unspecified atom stereocenters. The number of carboxylic acids is 1. The van der Waals surface area contributed by atoms with Crippen LogP contribution in [0.1, 0.15) is 27.2 Å². The Balaban J connectivity index is 1.99. The highest BCUT2D eigenvalue weighted by molar-refractivity contribution is 5.77. The molecule has 3 atom stereocenters. The number of amides is 1. The molecule has 0 aromatic rings. The van der Waals surface area contributed by atoms with Crippen LogP contribution >= 0.6 is 0 Å². The first-order valence-electron chi connectivity index (χ1n) is 5.52. The first-order chi connectivity index (χ1) is 7.29. The van der Waals surface area contributed by atoms with Gasteiger partial charge in [0, 0.05) is 12.6 Å². The highest BCUT2D eigenvalue weighted by atomic mass is 16.6. The van der Waals surface area contributed by atoms with Crippen molar-refractivity contribution in [3.63, 3.8) is 0 Å². The van der Waals surface area contributed by atoms with Crippen molar-refractivity contribution >= 4 is 12.1 Å². The molecule has 1 N–H and O–H groups in total. The minimum Gasteiger partial charge on any atom is -0.481 e. The third kappa shape index (κ3) is 1.74. The van der Waals surface area contributed by atoms with Crippen LogP contribution in [0.3, 0.4) is 0 Å². The van der Waals surface area contributed by atoms with Gasteiger partial charge in [-0.3, -0.25) is 4.79 Å². The summed E-state index contributed by atoms with van der Waals surface area (Å²) in [6.45, 7) is 5.94. The first kappa shape index (κ1) is 11.2. The molecule has 2 aliphatic heterocycles. The summed E-state index contributed by atoms with van der Waals surface area (Å²) in [6.07, 6.45) is 0.416. The van der Waals surface area contributed by atoms with E-state index in [0.717, 1.165) is 6.42 Å². The van der Waals surface area contributed by atoms with Crippen LogP contribution in [0.4, 0.5) is 4.79 Å². The quantitative estimate of drug-likeness (QED) is 0.733. The third-order valence-electron chi connectivity index (χ3n) is 3.21. The van der Waals surface area contributed by atoms with Crippen LogP contribution < -0.4 is 0 Å². The van der Waals surface area contributed by atoms with Gasteiger partial charge in [0.1, 0.15) is 5.60 Å². The minimum atomic E-state index is -0.799. The number of rotatable bonds is 1. The van der Waals surface area contributed by atoms with Crippen molar-refractivity contribution in [2.75, 3.05) is 6.54 Å². The largest absolute Gasteiger partial charge is 0.481 e. The highest BCUT2D eigenvalue weighted by Crippen LogP contribution is 2.46. The Hall–Kier alpha value is -1.26. The summed E-state index contributed by atoms with van der Waals surface area (Å²) >= 11 is 0. The number of aliphatic carboxylic acids is 1. The predicted molar refractivity (Wildman–Crippen MR) is 56.0 cm³/mol. The topological polar surface area (TPSA) is 66.8 Å². The summed E-state index contributed by atoms with van der Waals surface area (Å²) < 4.78 is 5.24. The van der Waals surface area contributed by atoms with Crippen LogP contribution in [0.25, 0.3) is 0 Å². The summed E-state index contributed by atoms with van der Waals surface area (Å²) in [5.74, 6) is -1.06. The maximum atomic E-state index is 11.8. The molecule has 2 bridgehead atoms. The van der Waals surface area contributed by atoms with Gasteiger partial charge in [-0.25, -0.2) is 4.79 Å². The predicted octanol–water partition coefficient (Wildman–Crippen LogP) is 1.33. The van der Waals surface area contributed by atoms with Crippen LogP contribution in [0.2, 0.25) is 0 Å². The lowest BCUT2D eigenvalue weighted by Gasteiger charge is -2.33. The third-order valence-corrected chi connectivity index (χ3v) is 3.21. The smallest absolute Gasteiger partial charge is 0.410 e. The van der Waals surface area contributed by atoms with Gasteiger partial charge in [-0.15, -0.1) is 0 Å². The SMILES string of the molecule is CC(C)(C)OC(=O)N1C[C@@H]2C[C@H]1[C@@H]2C(=O)O. The van der Waals surface area contributed by atoms with Crippen molar-refractivity contribution in [3.05, 3.63) is 0 Å². The molecular formula is C11H17NO4. The van der Waals surface area contributed by atoms with Crippen molar-refractivity contribution in [1.82, 2.24) is 4.90 Å². The summed E-state index contributed by atoms with van der Waals surface area (Å²) in [6, 6.07) is -0.155. The highest BCUT2D eigenvalue weighted by Gasteiger charge is 2.57. The van der Waals surface area contributed by atoms with Gasteiger partial charge >= 0.3 is 12.1 Å². The Labute approximate surface area is 94.4 Å². The van der Waals surface area contributed by atoms with E-state index in [1.165, 1.54) is 0 Å². The van der Waals surface area contributed by atoms with Crippen molar-refractivity contribution in [2.24, 2.45) is 11.8 Å². The first-order valence-corrected chi connectivity index (χ1v) is 5.52. The maximum absolute atomic E-state index is 11.8. The van der Waals surface area contributed by atoms with Gasteiger partial charge < -0.3 is 14.7 Å². The van der Waals surface area contributed by atoms with E-state index in [1.807, 2.05) is 0 Å². The van der Waals surface area contributed by atoms with Crippen molar-refractivity contribution in [2.45, 2.75) is 38.8 Å². The molecule has 0 spiro atoms. The zero-order valence-corrected chi connectivity index (χ0v) is 9.77. The minimum absolute atomic E-state index is 0.120. The van der Waals surface area contributed by atoms with E-state index < -0.39 is 11.6 Å². The molecule has 1 saturated carbocycles. The molecule has 0 radical (unpaired) electrons. The van der Waals surface area contributed by atoms with Crippen molar-refractivity contribution in [3.8, 4) is 0 Å². The Morgan fingerprint density at radius 2 is 2.00 bits per heavy atom. The average Bonchev–Trinajstić information content (AvgIpc) is 2.53. The summed E-state index contributed by atoms with van der Waals surface area (Å²) in [7, 11) is 0. The number of carbonyl (C=O) groups is 2. The molecule has 3 rings (SSSR count). The number of carboxylic acid groups (broad SMARTS) is 1. The second-order valence-electron chi connectivity index (χ2n) is 5.56. The summed E-state index contributed by atoms with van der Waals surface area (Å²) in [5.41, 5.74) is -0.525. The fraction of sp³-hybridized carbons (Fsp3) is 0.818. The molecule has 2 heterocycles. The Kier molecular flexibility index (Phi) is 2.36. The number of carbonyl (C=O) groups excluding carboxylic acids is 1. The molecule has 90 valence electrons.